The molecule has 3 fully saturated rings. The zero-order valence-electron chi connectivity index (χ0n) is 15.0. The van der Waals surface area contributed by atoms with Gasteiger partial charge in [0.25, 0.3) is 0 Å². The van der Waals surface area contributed by atoms with Gasteiger partial charge in [-0.05, 0) is 55.6 Å². The summed E-state index contributed by atoms with van der Waals surface area (Å²) >= 11 is 0. The molecule has 0 radical (unpaired) electrons. The van der Waals surface area contributed by atoms with Gasteiger partial charge in [0, 0.05) is 25.2 Å². The lowest BCUT2D eigenvalue weighted by atomic mass is 9.55. The van der Waals surface area contributed by atoms with Crippen LogP contribution in [0.4, 0.5) is 0 Å². The largest absolute Gasteiger partial charge is 0.462 e. The van der Waals surface area contributed by atoms with E-state index in [4.69, 9.17) is 4.74 Å². The molecule has 1 saturated heterocycles. The smallest absolute Gasteiger partial charge is 0.310 e. The molecule has 3 aliphatic rings. The summed E-state index contributed by atoms with van der Waals surface area (Å²) in [5.41, 5.74) is 2.67. The highest BCUT2D eigenvalue weighted by molar-refractivity contribution is 5.75. The number of esters is 1. The summed E-state index contributed by atoms with van der Waals surface area (Å²) in [6, 6.07) is 5.90. The highest BCUT2D eigenvalue weighted by atomic mass is 16.6. The molecule has 1 aromatic rings. The third kappa shape index (κ3) is 3.12. The van der Waals surface area contributed by atoms with Crippen molar-refractivity contribution in [2.45, 2.75) is 51.7 Å². The van der Waals surface area contributed by atoms with E-state index in [1.54, 1.807) is 6.20 Å². The lowest BCUT2D eigenvalue weighted by molar-refractivity contribution is -0.146. The Balaban J connectivity index is 1.42. The van der Waals surface area contributed by atoms with Gasteiger partial charge in [0.05, 0.1) is 11.6 Å². The van der Waals surface area contributed by atoms with Crippen LogP contribution in [0.5, 0.6) is 0 Å². The molecular weight excluding hydrogens is 312 g/mol. The fourth-order valence-electron chi connectivity index (χ4n) is 5.35. The Hall–Kier alpha value is -1.68. The maximum absolute atomic E-state index is 12.5. The number of fused-ring (bicyclic) bond motifs is 2. The monoisotopic (exact) mass is 340 g/mol. The maximum atomic E-state index is 12.5. The summed E-state index contributed by atoms with van der Waals surface area (Å²) in [5, 5.41) is 3.41. The molecule has 1 N–H and O–H groups in total. The standard InChI is InChI=1S/C21H28N2O2/c1-14-6-5-8-21(2)11-19-16(10-18(14)21)17(20(24)25-19)13-22-12-15-7-3-4-9-23-15/h3-4,7,9,16-19,22H,1,5-6,8,10-13H2,2H3/t16-,17-,18-,19-,21-/m1/s1. The van der Waals surface area contributed by atoms with Crippen molar-refractivity contribution in [1.29, 1.82) is 0 Å². The van der Waals surface area contributed by atoms with Crippen molar-refractivity contribution in [2.24, 2.45) is 23.2 Å². The molecule has 1 aromatic heterocycles. The van der Waals surface area contributed by atoms with Crippen LogP contribution in [0.15, 0.2) is 36.5 Å². The summed E-state index contributed by atoms with van der Waals surface area (Å²) in [5.74, 6) is 0.830. The predicted molar refractivity (Wildman–Crippen MR) is 96.6 cm³/mol. The normalized spacial score (nSPS) is 37.3. The van der Waals surface area contributed by atoms with Crippen LogP contribution < -0.4 is 5.32 Å². The van der Waals surface area contributed by atoms with Crippen molar-refractivity contribution in [3.8, 4) is 0 Å². The van der Waals surface area contributed by atoms with Crippen LogP contribution in [0.2, 0.25) is 0 Å². The van der Waals surface area contributed by atoms with Gasteiger partial charge in [-0.3, -0.25) is 9.78 Å². The molecule has 1 aliphatic heterocycles. The molecule has 2 aliphatic carbocycles. The van der Waals surface area contributed by atoms with E-state index < -0.39 is 0 Å². The number of aromatic nitrogens is 1. The van der Waals surface area contributed by atoms with E-state index in [9.17, 15) is 4.79 Å². The maximum Gasteiger partial charge on any atom is 0.310 e. The van der Waals surface area contributed by atoms with E-state index in [1.807, 2.05) is 18.2 Å². The van der Waals surface area contributed by atoms with Gasteiger partial charge >= 0.3 is 5.97 Å². The van der Waals surface area contributed by atoms with Crippen LogP contribution in [0.25, 0.3) is 0 Å². The minimum absolute atomic E-state index is 0.0172. The first-order valence-electron chi connectivity index (χ1n) is 9.55. The molecule has 0 spiro atoms. The third-order valence-corrected chi connectivity index (χ3v) is 6.72. The highest BCUT2D eigenvalue weighted by Crippen LogP contribution is 2.56. The van der Waals surface area contributed by atoms with E-state index in [-0.39, 0.29) is 23.4 Å². The molecule has 25 heavy (non-hydrogen) atoms. The summed E-state index contributed by atoms with van der Waals surface area (Å²) in [4.78, 5) is 16.8. The molecule has 2 heterocycles. The summed E-state index contributed by atoms with van der Waals surface area (Å²) in [6.45, 7) is 8.09. The van der Waals surface area contributed by atoms with E-state index in [1.165, 1.54) is 18.4 Å². The van der Waals surface area contributed by atoms with Crippen molar-refractivity contribution in [1.82, 2.24) is 10.3 Å². The van der Waals surface area contributed by atoms with Gasteiger partial charge in [-0.1, -0.05) is 25.1 Å². The van der Waals surface area contributed by atoms with Gasteiger partial charge in [0.2, 0.25) is 0 Å². The molecule has 5 atom stereocenters. The molecule has 0 amide bonds. The fourth-order valence-corrected chi connectivity index (χ4v) is 5.35. The van der Waals surface area contributed by atoms with E-state index in [0.29, 0.717) is 24.9 Å². The number of nitrogens with one attached hydrogen (secondary N) is 1. The van der Waals surface area contributed by atoms with Crippen molar-refractivity contribution in [3.63, 3.8) is 0 Å². The van der Waals surface area contributed by atoms with Crippen molar-refractivity contribution in [2.75, 3.05) is 6.54 Å². The summed E-state index contributed by atoms with van der Waals surface area (Å²) < 4.78 is 5.81. The zero-order valence-corrected chi connectivity index (χ0v) is 15.0. The van der Waals surface area contributed by atoms with E-state index in [0.717, 1.165) is 25.0 Å². The van der Waals surface area contributed by atoms with Crippen LogP contribution >= 0.6 is 0 Å². The lowest BCUT2D eigenvalue weighted by Crippen LogP contribution is -2.45. The number of carbonyl (C=O) groups excluding carboxylic acids is 1. The minimum atomic E-state index is -0.0343. The molecule has 134 valence electrons. The minimum Gasteiger partial charge on any atom is -0.462 e. The van der Waals surface area contributed by atoms with Crippen LogP contribution in [0.1, 0.15) is 44.7 Å². The van der Waals surface area contributed by atoms with Crippen molar-refractivity contribution >= 4 is 5.97 Å². The SMILES string of the molecule is C=C1CCC[C@]2(C)C[C@H]3OC(=O)[C@H](CNCc4ccccn4)[C@H]3C[C@H]12. The summed E-state index contributed by atoms with van der Waals surface area (Å²) in [6.07, 6.45) is 7.57. The molecular formula is C21H28N2O2. The highest BCUT2D eigenvalue weighted by Gasteiger charge is 2.54. The lowest BCUT2D eigenvalue weighted by Gasteiger charge is -2.50. The van der Waals surface area contributed by atoms with Crippen LogP contribution in [0.3, 0.4) is 0 Å². The Morgan fingerprint density at radius 3 is 3.12 bits per heavy atom. The number of rotatable bonds is 4. The summed E-state index contributed by atoms with van der Waals surface area (Å²) in [7, 11) is 0. The average Bonchev–Trinajstić information content (AvgIpc) is 2.88. The molecule has 2 saturated carbocycles. The number of carbonyl (C=O) groups is 1. The first kappa shape index (κ1) is 16.8. The molecule has 4 heteroatoms. The second-order valence-electron chi connectivity index (χ2n) is 8.36. The Kier molecular flexibility index (Phi) is 4.40. The Morgan fingerprint density at radius 2 is 2.32 bits per heavy atom. The average molecular weight is 340 g/mol. The van der Waals surface area contributed by atoms with Gasteiger partial charge < -0.3 is 10.1 Å². The number of hydrogen-bond donors (Lipinski definition) is 1. The fraction of sp³-hybridized carbons (Fsp3) is 0.619. The number of pyridine rings is 1. The molecule has 4 nitrogen and oxygen atoms in total. The van der Waals surface area contributed by atoms with Gasteiger partial charge in [-0.2, -0.15) is 0 Å². The van der Waals surface area contributed by atoms with Gasteiger partial charge in [-0.25, -0.2) is 0 Å². The van der Waals surface area contributed by atoms with Crippen LogP contribution in [0, 0.1) is 23.2 Å². The van der Waals surface area contributed by atoms with Crippen molar-refractivity contribution in [3.05, 3.63) is 42.2 Å². The first-order chi connectivity index (χ1) is 12.1. The third-order valence-electron chi connectivity index (χ3n) is 6.72. The van der Waals surface area contributed by atoms with Gasteiger partial charge in [0.15, 0.2) is 0 Å². The van der Waals surface area contributed by atoms with E-state index >= 15 is 0 Å². The number of nitrogens with zero attached hydrogens (tertiary/aromatic N) is 1. The number of hydrogen-bond acceptors (Lipinski definition) is 4. The molecule has 0 unspecified atom stereocenters. The Morgan fingerprint density at radius 1 is 1.44 bits per heavy atom. The quantitative estimate of drug-likeness (QED) is 0.673. The van der Waals surface area contributed by atoms with Crippen LogP contribution in [-0.4, -0.2) is 23.6 Å². The van der Waals surface area contributed by atoms with Crippen molar-refractivity contribution < 1.29 is 9.53 Å². The Bertz CT molecular complexity index is 659. The topological polar surface area (TPSA) is 51.2 Å². The number of ether oxygens (including phenoxy) is 1. The van der Waals surface area contributed by atoms with Crippen LogP contribution in [-0.2, 0) is 16.1 Å². The Labute approximate surface area is 150 Å². The molecule has 0 bridgehead atoms. The molecule has 0 aromatic carbocycles. The van der Waals surface area contributed by atoms with Gasteiger partial charge in [0.1, 0.15) is 6.10 Å². The second kappa shape index (κ2) is 6.56. The second-order valence-corrected chi connectivity index (χ2v) is 8.36. The number of allylic oxidation sites excluding steroid dienone is 1. The predicted octanol–water partition coefficient (Wildman–Crippen LogP) is 3.49. The molecule has 4 rings (SSSR count). The zero-order chi connectivity index (χ0) is 17.4. The van der Waals surface area contributed by atoms with Gasteiger partial charge in [-0.15, -0.1) is 0 Å². The first-order valence-corrected chi connectivity index (χ1v) is 9.55. The van der Waals surface area contributed by atoms with E-state index in [2.05, 4.69) is 23.8 Å².